The fourth-order valence-corrected chi connectivity index (χ4v) is 6.84. The second-order valence-electron chi connectivity index (χ2n) is 10.5. The number of imide groups is 1. The smallest absolute Gasteiger partial charge is 0.244 e. The molecular formula is C33H40ClN3O2S. The highest BCUT2D eigenvalue weighted by atomic mass is 35.5. The summed E-state index contributed by atoms with van der Waals surface area (Å²) >= 11 is 1.95. The lowest BCUT2D eigenvalue weighted by atomic mass is 9.73. The van der Waals surface area contributed by atoms with E-state index in [1.165, 1.54) is 21.9 Å². The largest absolute Gasteiger partial charge is 0.368 e. The Morgan fingerprint density at radius 1 is 0.750 bits per heavy atom. The molecule has 0 atom stereocenters. The predicted molar refractivity (Wildman–Crippen MR) is 168 cm³/mol. The van der Waals surface area contributed by atoms with E-state index in [9.17, 15) is 9.59 Å². The van der Waals surface area contributed by atoms with Crippen molar-refractivity contribution in [1.29, 1.82) is 0 Å². The molecule has 0 N–H and O–H groups in total. The van der Waals surface area contributed by atoms with Gasteiger partial charge in [-0.15, -0.1) is 24.2 Å². The van der Waals surface area contributed by atoms with E-state index >= 15 is 0 Å². The highest BCUT2D eigenvalue weighted by Crippen LogP contribution is 2.42. The second kappa shape index (κ2) is 14.2. The molecule has 0 aliphatic carbocycles. The summed E-state index contributed by atoms with van der Waals surface area (Å²) in [6.07, 6.45) is 3.18. The number of hydrogen-bond acceptors (Lipinski definition) is 5. The average Bonchev–Trinajstić information content (AvgIpc) is 3.25. The van der Waals surface area contributed by atoms with Gasteiger partial charge in [-0.2, -0.15) is 0 Å². The first-order valence-corrected chi connectivity index (χ1v) is 15.3. The van der Waals surface area contributed by atoms with Crippen molar-refractivity contribution in [3.63, 3.8) is 0 Å². The number of para-hydroxylation sites is 1. The van der Waals surface area contributed by atoms with Crippen LogP contribution in [-0.2, 0) is 15.0 Å². The molecule has 2 heterocycles. The minimum atomic E-state index is -0.929. The van der Waals surface area contributed by atoms with Crippen LogP contribution in [0, 0.1) is 0 Å². The Balaban J connectivity index is 0.00000370. The molecule has 0 aromatic heterocycles. The molecule has 2 aliphatic heterocycles. The van der Waals surface area contributed by atoms with Gasteiger partial charge in [-0.05, 0) is 54.8 Å². The number of unbranched alkanes of at least 4 members (excludes halogenated alkanes) is 1. The van der Waals surface area contributed by atoms with Crippen molar-refractivity contribution in [1.82, 2.24) is 9.80 Å². The van der Waals surface area contributed by atoms with Crippen molar-refractivity contribution in [3.8, 4) is 0 Å². The molecular weight excluding hydrogens is 538 g/mol. The molecule has 0 radical (unpaired) electrons. The first-order chi connectivity index (χ1) is 19.1. The zero-order valence-electron chi connectivity index (χ0n) is 23.3. The van der Waals surface area contributed by atoms with Gasteiger partial charge in [0.05, 0.1) is 5.69 Å². The summed E-state index contributed by atoms with van der Waals surface area (Å²) in [7, 11) is 0. The van der Waals surface area contributed by atoms with Gasteiger partial charge in [0.25, 0.3) is 0 Å². The molecule has 2 saturated heterocycles. The summed E-state index contributed by atoms with van der Waals surface area (Å²) in [4.78, 5) is 35.0. The van der Waals surface area contributed by atoms with Crippen LogP contribution in [0.4, 0.5) is 5.69 Å². The zero-order chi connectivity index (χ0) is 27.1. The molecule has 2 aliphatic rings. The van der Waals surface area contributed by atoms with Crippen LogP contribution in [0.5, 0.6) is 0 Å². The lowest BCUT2D eigenvalue weighted by Gasteiger charge is -2.37. The highest BCUT2D eigenvalue weighted by molar-refractivity contribution is 7.99. The lowest BCUT2D eigenvalue weighted by molar-refractivity contribution is -0.139. The van der Waals surface area contributed by atoms with E-state index in [1.807, 2.05) is 72.4 Å². The quantitative estimate of drug-likeness (QED) is 0.153. The van der Waals surface area contributed by atoms with E-state index in [2.05, 4.69) is 41.0 Å². The van der Waals surface area contributed by atoms with Crippen LogP contribution in [0.2, 0.25) is 0 Å². The Kier molecular flexibility index (Phi) is 10.7. The van der Waals surface area contributed by atoms with Crippen LogP contribution in [0.25, 0.3) is 0 Å². The number of anilines is 1. The molecule has 2 amide bonds. The normalized spacial score (nSPS) is 17.2. The van der Waals surface area contributed by atoms with E-state index in [0.717, 1.165) is 62.4 Å². The minimum absolute atomic E-state index is 0. The number of rotatable bonds is 11. The van der Waals surface area contributed by atoms with Crippen molar-refractivity contribution in [2.24, 2.45) is 0 Å². The van der Waals surface area contributed by atoms with Crippen molar-refractivity contribution in [2.45, 2.75) is 42.9 Å². The van der Waals surface area contributed by atoms with Gasteiger partial charge in [-0.3, -0.25) is 19.4 Å². The molecule has 212 valence electrons. The van der Waals surface area contributed by atoms with Crippen LogP contribution in [0.15, 0.2) is 89.8 Å². The summed E-state index contributed by atoms with van der Waals surface area (Å²) in [5, 5.41) is 0. The standard InChI is InChI=1S/C33H39N3O2S.ClH/c1-2-25-39-30-18-10-9-17-29(30)35-23-21-34(22-24-35)19-11-12-20-36-31(37)26-33(32(36)38,27-13-5-3-6-14-27)28-15-7-4-8-16-28;/h3-10,13-18H,2,11-12,19-26H2,1H3;1H. The summed E-state index contributed by atoms with van der Waals surface area (Å²) in [6, 6.07) is 28.4. The van der Waals surface area contributed by atoms with Crippen molar-refractivity contribution in [3.05, 3.63) is 96.1 Å². The maximum atomic E-state index is 13.9. The number of amides is 2. The van der Waals surface area contributed by atoms with E-state index in [0.29, 0.717) is 6.54 Å². The number of carbonyl (C=O) groups is 2. The molecule has 40 heavy (non-hydrogen) atoms. The third-order valence-electron chi connectivity index (χ3n) is 8.01. The zero-order valence-corrected chi connectivity index (χ0v) is 25.0. The third kappa shape index (κ3) is 6.40. The monoisotopic (exact) mass is 577 g/mol. The molecule has 0 saturated carbocycles. The SMILES string of the molecule is CCCSc1ccccc1N1CCN(CCCCN2C(=O)CC(c3ccccc3)(c3ccccc3)C2=O)CC1.Cl. The Hall–Kier alpha value is -2.80. The number of hydrogen-bond donors (Lipinski definition) is 0. The number of carbonyl (C=O) groups excluding carboxylic acids is 2. The minimum Gasteiger partial charge on any atom is -0.368 e. The van der Waals surface area contributed by atoms with Gasteiger partial charge in [0.2, 0.25) is 11.8 Å². The van der Waals surface area contributed by atoms with Crippen LogP contribution in [0.1, 0.15) is 43.7 Å². The lowest BCUT2D eigenvalue weighted by Crippen LogP contribution is -2.47. The third-order valence-corrected chi connectivity index (χ3v) is 9.28. The summed E-state index contributed by atoms with van der Waals surface area (Å²) in [6.45, 7) is 7.86. The number of likely N-dealkylation sites (tertiary alicyclic amines) is 1. The Bertz CT molecular complexity index is 1210. The van der Waals surface area contributed by atoms with Crippen LogP contribution >= 0.6 is 24.2 Å². The van der Waals surface area contributed by atoms with E-state index in [-0.39, 0.29) is 30.6 Å². The number of benzene rings is 3. The molecule has 3 aromatic carbocycles. The first-order valence-electron chi connectivity index (χ1n) is 14.3. The van der Waals surface area contributed by atoms with E-state index in [1.54, 1.807) is 0 Å². The van der Waals surface area contributed by atoms with Gasteiger partial charge in [0.15, 0.2) is 0 Å². The van der Waals surface area contributed by atoms with Crippen LogP contribution in [-0.4, -0.2) is 66.6 Å². The van der Waals surface area contributed by atoms with Gasteiger partial charge in [0.1, 0.15) is 5.41 Å². The maximum absolute atomic E-state index is 13.9. The number of piperazine rings is 1. The second-order valence-corrected chi connectivity index (χ2v) is 11.7. The topological polar surface area (TPSA) is 43.9 Å². The van der Waals surface area contributed by atoms with Gasteiger partial charge < -0.3 is 4.90 Å². The molecule has 0 spiro atoms. The Labute approximate surface area is 249 Å². The first kappa shape index (κ1) is 30.2. The van der Waals surface area contributed by atoms with Crippen LogP contribution in [0.3, 0.4) is 0 Å². The van der Waals surface area contributed by atoms with Crippen molar-refractivity contribution >= 4 is 41.7 Å². The summed E-state index contributed by atoms with van der Waals surface area (Å²) < 4.78 is 0. The molecule has 7 heteroatoms. The molecule has 0 bridgehead atoms. The molecule has 5 nitrogen and oxygen atoms in total. The molecule has 2 fully saturated rings. The van der Waals surface area contributed by atoms with Gasteiger partial charge in [-0.25, -0.2) is 0 Å². The average molecular weight is 578 g/mol. The maximum Gasteiger partial charge on any atom is 0.244 e. The fraction of sp³-hybridized carbons (Fsp3) is 0.394. The fourth-order valence-electron chi connectivity index (χ4n) is 5.90. The van der Waals surface area contributed by atoms with Gasteiger partial charge >= 0.3 is 0 Å². The van der Waals surface area contributed by atoms with E-state index in [4.69, 9.17) is 0 Å². The van der Waals surface area contributed by atoms with E-state index < -0.39 is 5.41 Å². The Morgan fingerprint density at radius 2 is 1.32 bits per heavy atom. The summed E-state index contributed by atoms with van der Waals surface area (Å²) in [5.74, 6) is 0.996. The molecule has 5 rings (SSSR count). The molecule has 3 aromatic rings. The number of halogens is 1. The highest BCUT2D eigenvalue weighted by Gasteiger charge is 2.53. The Morgan fingerprint density at radius 3 is 1.95 bits per heavy atom. The predicted octanol–water partition coefficient (Wildman–Crippen LogP) is 6.26. The molecule has 0 unspecified atom stereocenters. The van der Waals surface area contributed by atoms with Crippen molar-refractivity contribution < 1.29 is 9.59 Å². The van der Waals surface area contributed by atoms with Gasteiger partial charge in [-0.1, -0.05) is 79.7 Å². The number of thioether (sulfide) groups is 1. The van der Waals surface area contributed by atoms with Gasteiger partial charge in [0, 0.05) is 44.0 Å². The number of nitrogens with zero attached hydrogens (tertiary/aromatic N) is 3. The van der Waals surface area contributed by atoms with Crippen LogP contribution < -0.4 is 4.90 Å². The van der Waals surface area contributed by atoms with Crippen molar-refractivity contribution in [2.75, 3.05) is 49.9 Å². The summed E-state index contributed by atoms with van der Waals surface area (Å²) in [5.41, 5.74) is 2.22.